The summed E-state index contributed by atoms with van der Waals surface area (Å²) in [5.74, 6) is -1.73. The van der Waals surface area contributed by atoms with E-state index >= 15 is 0 Å². The number of para-hydroxylation sites is 1. The summed E-state index contributed by atoms with van der Waals surface area (Å²) in [5.41, 5.74) is -0.664. The number of carbonyl (C=O) groups is 2. The van der Waals surface area contributed by atoms with Crippen LogP contribution in [0, 0.1) is 0 Å². The van der Waals surface area contributed by atoms with Gasteiger partial charge in [-0.3, -0.25) is 4.79 Å². The van der Waals surface area contributed by atoms with E-state index in [-0.39, 0.29) is 0 Å². The zero-order valence-corrected chi connectivity index (χ0v) is 13.9. The molecule has 1 N–H and O–H groups in total. The number of aliphatic carboxylic acids is 1. The first-order valence-electron chi connectivity index (χ1n) is 7.76. The summed E-state index contributed by atoms with van der Waals surface area (Å²) in [5, 5.41) is 9.24. The number of rotatable bonds is 5. The molecule has 1 amide bonds. The SMILES string of the molecule is COC(C)(C(=O)O)C(=O)N1CCC(N(C)c2ccccc2)CC1. The molecule has 1 unspecified atom stereocenters. The maximum absolute atomic E-state index is 12.4. The summed E-state index contributed by atoms with van der Waals surface area (Å²) in [6.45, 7) is 2.37. The minimum absolute atomic E-state index is 0.333. The summed E-state index contributed by atoms with van der Waals surface area (Å²) < 4.78 is 4.96. The number of carboxylic acid groups (broad SMARTS) is 1. The van der Waals surface area contributed by atoms with Gasteiger partial charge in [0.1, 0.15) is 0 Å². The van der Waals surface area contributed by atoms with E-state index in [0.717, 1.165) is 18.5 Å². The van der Waals surface area contributed by atoms with Gasteiger partial charge in [0.2, 0.25) is 5.60 Å². The molecule has 6 nitrogen and oxygen atoms in total. The monoisotopic (exact) mass is 320 g/mol. The van der Waals surface area contributed by atoms with Crippen LogP contribution in [0.15, 0.2) is 30.3 Å². The van der Waals surface area contributed by atoms with Crippen molar-refractivity contribution in [2.75, 3.05) is 32.1 Å². The van der Waals surface area contributed by atoms with Crippen molar-refractivity contribution in [1.29, 1.82) is 0 Å². The lowest BCUT2D eigenvalue weighted by molar-refractivity contribution is -0.173. The molecule has 0 bridgehead atoms. The van der Waals surface area contributed by atoms with Crippen LogP contribution in [0.2, 0.25) is 0 Å². The summed E-state index contributed by atoms with van der Waals surface area (Å²) in [6, 6.07) is 10.4. The number of nitrogens with zero attached hydrogens (tertiary/aromatic N) is 2. The van der Waals surface area contributed by atoms with Crippen LogP contribution in [0.25, 0.3) is 0 Å². The highest BCUT2D eigenvalue weighted by atomic mass is 16.5. The number of piperidine rings is 1. The van der Waals surface area contributed by atoms with Gasteiger partial charge in [0, 0.05) is 39.0 Å². The van der Waals surface area contributed by atoms with Gasteiger partial charge in [0.15, 0.2) is 0 Å². The Balaban J connectivity index is 1.98. The molecule has 2 rings (SSSR count). The second-order valence-corrected chi connectivity index (χ2v) is 6.01. The van der Waals surface area contributed by atoms with Gasteiger partial charge >= 0.3 is 5.97 Å². The number of hydrogen-bond donors (Lipinski definition) is 1. The van der Waals surface area contributed by atoms with E-state index in [1.54, 1.807) is 4.90 Å². The smallest absolute Gasteiger partial charge is 0.345 e. The number of benzene rings is 1. The van der Waals surface area contributed by atoms with E-state index in [4.69, 9.17) is 4.74 Å². The molecule has 1 aliphatic rings. The van der Waals surface area contributed by atoms with Crippen molar-refractivity contribution >= 4 is 17.6 Å². The van der Waals surface area contributed by atoms with Gasteiger partial charge in [0.25, 0.3) is 5.91 Å². The van der Waals surface area contributed by atoms with E-state index in [0.29, 0.717) is 19.1 Å². The average Bonchev–Trinajstić information content (AvgIpc) is 2.60. The number of amides is 1. The van der Waals surface area contributed by atoms with Gasteiger partial charge in [-0.1, -0.05) is 18.2 Å². The minimum atomic E-state index is -1.81. The molecule has 0 aromatic heterocycles. The Bertz CT molecular complexity index is 555. The molecule has 0 spiro atoms. The Morgan fingerprint density at radius 2 is 1.83 bits per heavy atom. The van der Waals surface area contributed by atoms with E-state index in [9.17, 15) is 14.7 Å². The zero-order valence-electron chi connectivity index (χ0n) is 13.9. The summed E-state index contributed by atoms with van der Waals surface area (Å²) in [4.78, 5) is 27.6. The molecule has 1 aliphatic heterocycles. The Kier molecular flexibility index (Phi) is 5.26. The van der Waals surface area contributed by atoms with Crippen molar-refractivity contribution in [2.45, 2.75) is 31.4 Å². The third kappa shape index (κ3) is 3.47. The van der Waals surface area contributed by atoms with Crippen molar-refractivity contribution in [2.24, 2.45) is 0 Å². The molecule has 1 fully saturated rings. The third-order valence-corrected chi connectivity index (χ3v) is 4.69. The molecule has 1 heterocycles. The lowest BCUT2D eigenvalue weighted by Gasteiger charge is -2.39. The van der Waals surface area contributed by atoms with Crippen LogP contribution in [-0.2, 0) is 14.3 Å². The number of hydrogen-bond acceptors (Lipinski definition) is 4. The van der Waals surface area contributed by atoms with E-state index in [2.05, 4.69) is 17.0 Å². The molecule has 1 atom stereocenters. The van der Waals surface area contributed by atoms with E-state index in [1.165, 1.54) is 14.0 Å². The topological polar surface area (TPSA) is 70.1 Å². The van der Waals surface area contributed by atoms with Gasteiger partial charge in [-0.2, -0.15) is 0 Å². The van der Waals surface area contributed by atoms with Crippen LogP contribution < -0.4 is 4.90 Å². The summed E-state index contributed by atoms with van der Waals surface area (Å²) in [7, 11) is 3.30. The van der Waals surface area contributed by atoms with Crippen molar-refractivity contribution in [3.8, 4) is 0 Å². The van der Waals surface area contributed by atoms with Gasteiger partial charge in [-0.15, -0.1) is 0 Å². The molecule has 1 aromatic rings. The summed E-state index contributed by atoms with van der Waals surface area (Å²) in [6.07, 6.45) is 1.60. The number of carbonyl (C=O) groups excluding carboxylic acids is 1. The maximum atomic E-state index is 12.4. The zero-order chi connectivity index (χ0) is 17.0. The molecule has 1 aromatic carbocycles. The van der Waals surface area contributed by atoms with Crippen molar-refractivity contribution < 1.29 is 19.4 Å². The molecule has 0 radical (unpaired) electrons. The fourth-order valence-electron chi connectivity index (χ4n) is 2.90. The quantitative estimate of drug-likeness (QED) is 0.835. The number of likely N-dealkylation sites (tertiary alicyclic amines) is 1. The Labute approximate surface area is 136 Å². The third-order valence-electron chi connectivity index (χ3n) is 4.69. The lowest BCUT2D eigenvalue weighted by atomic mass is 9.99. The van der Waals surface area contributed by atoms with Gasteiger partial charge in [0.05, 0.1) is 0 Å². The molecule has 1 saturated heterocycles. The van der Waals surface area contributed by atoms with Crippen LogP contribution in [0.5, 0.6) is 0 Å². The van der Waals surface area contributed by atoms with Gasteiger partial charge < -0.3 is 19.6 Å². The number of methoxy groups -OCH3 is 1. The fraction of sp³-hybridized carbons (Fsp3) is 0.529. The van der Waals surface area contributed by atoms with Gasteiger partial charge in [-0.05, 0) is 31.9 Å². The standard InChI is InChI=1S/C17H24N2O4/c1-17(23-3,16(21)22)15(20)19-11-9-14(10-12-19)18(2)13-7-5-4-6-8-13/h4-8,14H,9-12H2,1-3H3,(H,21,22). The number of carboxylic acids is 1. The molecular weight excluding hydrogens is 296 g/mol. The van der Waals surface area contributed by atoms with Crippen molar-refractivity contribution in [1.82, 2.24) is 4.90 Å². The first-order chi connectivity index (χ1) is 10.9. The highest BCUT2D eigenvalue weighted by molar-refractivity contribution is 6.05. The molecule has 23 heavy (non-hydrogen) atoms. The molecule has 126 valence electrons. The van der Waals surface area contributed by atoms with E-state index < -0.39 is 17.5 Å². The van der Waals surface area contributed by atoms with Crippen LogP contribution in [0.3, 0.4) is 0 Å². The van der Waals surface area contributed by atoms with Crippen molar-refractivity contribution in [3.05, 3.63) is 30.3 Å². The predicted molar refractivity (Wildman–Crippen MR) is 87.5 cm³/mol. The molecular formula is C17H24N2O4. The lowest BCUT2D eigenvalue weighted by Crippen LogP contribution is -2.56. The first-order valence-corrected chi connectivity index (χ1v) is 7.76. The molecule has 6 heteroatoms. The first kappa shape index (κ1) is 17.3. The minimum Gasteiger partial charge on any atom is -0.479 e. The number of ether oxygens (including phenoxy) is 1. The predicted octanol–water partition coefficient (Wildman–Crippen LogP) is 1.60. The Morgan fingerprint density at radius 3 is 2.30 bits per heavy atom. The van der Waals surface area contributed by atoms with Crippen LogP contribution in [0.1, 0.15) is 19.8 Å². The van der Waals surface area contributed by atoms with Crippen molar-refractivity contribution in [3.63, 3.8) is 0 Å². The van der Waals surface area contributed by atoms with E-state index in [1.807, 2.05) is 25.2 Å². The second-order valence-electron chi connectivity index (χ2n) is 6.01. The summed E-state index contributed by atoms with van der Waals surface area (Å²) >= 11 is 0. The second kappa shape index (κ2) is 7.00. The maximum Gasteiger partial charge on any atom is 0.345 e. The highest BCUT2D eigenvalue weighted by Crippen LogP contribution is 2.24. The molecule has 0 aliphatic carbocycles. The Morgan fingerprint density at radius 1 is 1.26 bits per heavy atom. The fourth-order valence-corrected chi connectivity index (χ4v) is 2.90. The van der Waals surface area contributed by atoms with Gasteiger partial charge in [-0.25, -0.2) is 4.79 Å². The van der Waals surface area contributed by atoms with Crippen LogP contribution in [0.4, 0.5) is 5.69 Å². The average molecular weight is 320 g/mol. The Hall–Kier alpha value is -2.08. The normalized spacial score (nSPS) is 18.3. The highest BCUT2D eigenvalue weighted by Gasteiger charge is 2.45. The largest absolute Gasteiger partial charge is 0.479 e. The van der Waals surface area contributed by atoms with Crippen LogP contribution in [-0.4, -0.2) is 60.8 Å². The number of anilines is 1. The van der Waals surface area contributed by atoms with Crippen LogP contribution >= 0.6 is 0 Å². The molecule has 0 saturated carbocycles.